The van der Waals surface area contributed by atoms with Crippen LogP contribution in [0.25, 0.3) is 0 Å². The van der Waals surface area contributed by atoms with Gasteiger partial charge < -0.3 is 10.6 Å². The highest BCUT2D eigenvalue weighted by atomic mass is 32.2. The maximum atomic E-state index is 11.4. The molecular formula is C9H16N2O2S. The first-order chi connectivity index (χ1) is 6.61. The van der Waals surface area contributed by atoms with E-state index in [2.05, 4.69) is 17.2 Å². The topological polar surface area (TPSA) is 58.2 Å². The van der Waals surface area contributed by atoms with Crippen molar-refractivity contribution in [3.63, 3.8) is 0 Å². The summed E-state index contributed by atoms with van der Waals surface area (Å²) in [5, 5.41) is 6.64. The summed E-state index contributed by atoms with van der Waals surface area (Å²) in [6, 6.07) is 0.543. The molecule has 4 nitrogen and oxygen atoms in total. The summed E-state index contributed by atoms with van der Waals surface area (Å²) in [6.45, 7) is 4.52. The Labute approximate surface area is 84.7 Å². The van der Waals surface area contributed by atoms with E-state index in [9.17, 15) is 8.42 Å². The first-order valence-corrected chi connectivity index (χ1v) is 6.73. The molecule has 2 aliphatic rings. The Morgan fingerprint density at radius 1 is 1.36 bits per heavy atom. The SMILES string of the molecule is C=CCC1CNC2CS(=O)(=O)CC2N1. The lowest BCUT2D eigenvalue weighted by molar-refractivity contribution is 0.309. The molecule has 5 heteroatoms. The van der Waals surface area contributed by atoms with Crippen LogP contribution < -0.4 is 10.6 Å². The summed E-state index contributed by atoms with van der Waals surface area (Å²) in [4.78, 5) is 0. The van der Waals surface area contributed by atoms with Crippen molar-refractivity contribution in [1.82, 2.24) is 10.6 Å². The summed E-state index contributed by atoms with van der Waals surface area (Å²) in [7, 11) is -2.82. The van der Waals surface area contributed by atoms with Crippen LogP contribution in [0, 0.1) is 0 Å². The van der Waals surface area contributed by atoms with Crippen LogP contribution >= 0.6 is 0 Å². The fraction of sp³-hybridized carbons (Fsp3) is 0.778. The first-order valence-electron chi connectivity index (χ1n) is 4.91. The molecule has 2 saturated heterocycles. The van der Waals surface area contributed by atoms with Crippen LogP contribution in [-0.4, -0.2) is 44.6 Å². The van der Waals surface area contributed by atoms with Gasteiger partial charge >= 0.3 is 0 Å². The monoisotopic (exact) mass is 216 g/mol. The zero-order valence-corrected chi connectivity index (χ0v) is 8.89. The molecule has 0 spiro atoms. The molecule has 0 saturated carbocycles. The molecule has 2 heterocycles. The van der Waals surface area contributed by atoms with Crippen LogP contribution in [0.1, 0.15) is 6.42 Å². The Balaban J connectivity index is 2.01. The van der Waals surface area contributed by atoms with Gasteiger partial charge in [-0.2, -0.15) is 0 Å². The Morgan fingerprint density at radius 2 is 2.07 bits per heavy atom. The molecule has 0 aromatic carbocycles. The van der Waals surface area contributed by atoms with Crippen LogP contribution in [0.15, 0.2) is 12.7 Å². The second kappa shape index (κ2) is 3.64. The van der Waals surface area contributed by atoms with Crippen molar-refractivity contribution in [3.05, 3.63) is 12.7 Å². The van der Waals surface area contributed by atoms with Crippen LogP contribution in [0.2, 0.25) is 0 Å². The molecule has 0 amide bonds. The molecule has 2 rings (SSSR count). The minimum atomic E-state index is -2.82. The number of hydrogen-bond acceptors (Lipinski definition) is 4. The van der Waals surface area contributed by atoms with Crippen molar-refractivity contribution in [1.29, 1.82) is 0 Å². The van der Waals surface area contributed by atoms with Gasteiger partial charge in [0.25, 0.3) is 0 Å². The summed E-state index contributed by atoms with van der Waals surface area (Å²) in [5.41, 5.74) is 0. The molecule has 2 N–H and O–H groups in total. The lowest BCUT2D eigenvalue weighted by Gasteiger charge is -2.33. The highest BCUT2D eigenvalue weighted by molar-refractivity contribution is 7.91. The fourth-order valence-corrected chi connectivity index (χ4v) is 4.13. The predicted molar refractivity (Wildman–Crippen MR) is 56.0 cm³/mol. The second-order valence-corrected chi connectivity index (χ2v) is 6.24. The van der Waals surface area contributed by atoms with Gasteiger partial charge in [-0.05, 0) is 6.42 Å². The maximum Gasteiger partial charge on any atom is 0.153 e. The summed E-state index contributed by atoms with van der Waals surface area (Å²) < 4.78 is 22.7. The largest absolute Gasteiger partial charge is 0.310 e. The quantitative estimate of drug-likeness (QED) is 0.599. The second-order valence-electron chi connectivity index (χ2n) is 4.09. The Morgan fingerprint density at radius 3 is 2.79 bits per heavy atom. The van der Waals surface area contributed by atoms with Gasteiger partial charge in [-0.3, -0.25) is 0 Å². The third-order valence-electron chi connectivity index (χ3n) is 2.88. The van der Waals surface area contributed by atoms with E-state index in [1.807, 2.05) is 6.08 Å². The molecule has 0 bridgehead atoms. The number of nitrogens with one attached hydrogen (secondary N) is 2. The zero-order chi connectivity index (χ0) is 10.2. The number of fused-ring (bicyclic) bond motifs is 1. The van der Waals surface area contributed by atoms with Crippen LogP contribution in [0.4, 0.5) is 0 Å². The number of piperazine rings is 1. The van der Waals surface area contributed by atoms with Gasteiger partial charge in [-0.1, -0.05) is 6.08 Å². The molecule has 2 fully saturated rings. The van der Waals surface area contributed by atoms with E-state index >= 15 is 0 Å². The summed E-state index contributed by atoms with van der Waals surface area (Å²) in [5.74, 6) is 0.559. The van der Waals surface area contributed by atoms with Gasteiger partial charge in [0.15, 0.2) is 9.84 Å². The fourth-order valence-electron chi connectivity index (χ4n) is 2.22. The Hall–Kier alpha value is -0.390. The predicted octanol–water partition coefficient (Wildman–Crippen LogP) is -0.710. The number of rotatable bonds is 2. The highest BCUT2D eigenvalue weighted by Gasteiger charge is 2.40. The van der Waals surface area contributed by atoms with Crippen LogP contribution in [0.5, 0.6) is 0 Å². The standard InChI is InChI=1S/C9H16N2O2S/c1-2-3-7-4-10-8-5-14(12,13)6-9(8)11-7/h2,7-11H,1,3-6H2. The van der Waals surface area contributed by atoms with E-state index in [-0.39, 0.29) is 23.6 Å². The molecular weight excluding hydrogens is 200 g/mol. The van der Waals surface area contributed by atoms with Crippen molar-refractivity contribution in [2.24, 2.45) is 0 Å². The van der Waals surface area contributed by atoms with Gasteiger partial charge in [-0.25, -0.2) is 8.42 Å². The molecule has 14 heavy (non-hydrogen) atoms. The smallest absolute Gasteiger partial charge is 0.153 e. The summed E-state index contributed by atoms with van der Waals surface area (Å²) in [6.07, 6.45) is 2.75. The minimum Gasteiger partial charge on any atom is -0.310 e. The average Bonchev–Trinajstić information content (AvgIpc) is 2.38. The lowest BCUT2D eigenvalue weighted by Crippen LogP contribution is -2.60. The van der Waals surface area contributed by atoms with E-state index in [0.29, 0.717) is 6.04 Å². The Bertz CT molecular complexity index is 326. The molecule has 0 aromatic rings. The molecule has 0 aliphatic carbocycles. The minimum absolute atomic E-state index is 0.0960. The van der Waals surface area contributed by atoms with Gasteiger partial charge in [-0.15, -0.1) is 6.58 Å². The molecule has 3 atom stereocenters. The van der Waals surface area contributed by atoms with Crippen molar-refractivity contribution in [2.75, 3.05) is 18.1 Å². The van der Waals surface area contributed by atoms with Crippen molar-refractivity contribution < 1.29 is 8.42 Å². The van der Waals surface area contributed by atoms with Crippen LogP contribution in [-0.2, 0) is 9.84 Å². The number of sulfone groups is 1. The van der Waals surface area contributed by atoms with Gasteiger partial charge in [0.2, 0.25) is 0 Å². The normalized spacial score (nSPS) is 40.4. The van der Waals surface area contributed by atoms with E-state index in [0.717, 1.165) is 13.0 Å². The van der Waals surface area contributed by atoms with Gasteiger partial charge in [0, 0.05) is 24.7 Å². The van der Waals surface area contributed by atoms with Crippen molar-refractivity contribution in [2.45, 2.75) is 24.5 Å². The van der Waals surface area contributed by atoms with E-state index in [4.69, 9.17) is 0 Å². The third-order valence-corrected chi connectivity index (χ3v) is 4.61. The molecule has 0 radical (unpaired) electrons. The zero-order valence-electron chi connectivity index (χ0n) is 8.07. The van der Waals surface area contributed by atoms with Gasteiger partial charge in [0.05, 0.1) is 11.5 Å². The van der Waals surface area contributed by atoms with E-state index in [1.54, 1.807) is 0 Å². The van der Waals surface area contributed by atoms with Gasteiger partial charge in [0.1, 0.15) is 0 Å². The van der Waals surface area contributed by atoms with Crippen molar-refractivity contribution in [3.8, 4) is 0 Å². The third kappa shape index (κ3) is 1.99. The Kier molecular flexibility index (Phi) is 2.64. The first kappa shape index (κ1) is 10.1. The summed E-state index contributed by atoms with van der Waals surface area (Å²) >= 11 is 0. The molecule has 3 unspecified atom stereocenters. The van der Waals surface area contributed by atoms with E-state index in [1.165, 1.54) is 0 Å². The average molecular weight is 216 g/mol. The number of hydrogen-bond donors (Lipinski definition) is 2. The lowest BCUT2D eigenvalue weighted by atomic mass is 10.0. The molecule has 0 aromatic heterocycles. The van der Waals surface area contributed by atoms with Crippen LogP contribution in [0.3, 0.4) is 0 Å². The van der Waals surface area contributed by atoms with E-state index < -0.39 is 9.84 Å². The molecule has 2 aliphatic heterocycles. The highest BCUT2D eigenvalue weighted by Crippen LogP contribution is 2.17. The maximum absolute atomic E-state index is 11.4. The van der Waals surface area contributed by atoms with Crippen molar-refractivity contribution >= 4 is 9.84 Å². The molecule has 80 valence electrons.